The van der Waals surface area contributed by atoms with Crippen molar-refractivity contribution in [3.05, 3.63) is 87.7 Å². The first kappa shape index (κ1) is 43.4. The molecule has 2 fully saturated rings. The van der Waals surface area contributed by atoms with E-state index in [4.69, 9.17) is 14.2 Å². The van der Waals surface area contributed by atoms with Gasteiger partial charge in [0.25, 0.3) is 5.56 Å². The van der Waals surface area contributed by atoms with Gasteiger partial charge in [0.05, 0.1) is 37.5 Å². The van der Waals surface area contributed by atoms with Crippen molar-refractivity contribution in [1.29, 1.82) is 0 Å². The molecule has 2 aliphatic heterocycles. The third kappa shape index (κ3) is 10.3. The van der Waals surface area contributed by atoms with Crippen LogP contribution in [0.2, 0.25) is 0 Å². The minimum Gasteiger partial charge on any atom is -0.496 e. The molecule has 14 heteroatoms. The van der Waals surface area contributed by atoms with Crippen molar-refractivity contribution in [3.63, 3.8) is 0 Å². The fourth-order valence-corrected chi connectivity index (χ4v) is 8.77. The number of carbonyl (C=O) groups is 2. The smallest absolute Gasteiger partial charge is 0.259 e. The Kier molecular flexibility index (Phi) is 15.2. The minimum absolute atomic E-state index is 0.0864. The molecule has 1 unspecified atom stereocenters. The third-order valence-electron chi connectivity index (χ3n) is 11.4. The average Bonchev–Trinajstić information content (AvgIpc) is 3.76. The number of aliphatic imine (C=N–C) groups is 1. The summed E-state index contributed by atoms with van der Waals surface area (Å²) in [6, 6.07) is 11.6. The Balaban J connectivity index is 1.00. The van der Waals surface area contributed by atoms with Crippen molar-refractivity contribution in [2.24, 2.45) is 12.0 Å². The number of thioether (sulfide) groups is 1. The quantitative estimate of drug-likeness (QED) is 0.0686. The molecule has 4 heterocycles. The number of hydrogen-bond acceptors (Lipinski definition) is 11. The van der Waals surface area contributed by atoms with Crippen molar-refractivity contribution in [2.45, 2.75) is 58.2 Å². The van der Waals surface area contributed by atoms with Crippen LogP contribution in [0.1, 0.15) is 55.7 Å². The maximum absolute atomic E-state index is 13.0. The van der Waals surface area contributed by atoms with Crippen LogP contribution in [0.3, 0.4) is 0 Å². The van der Waals surface area contributed by atoms with E-state index in [9.17, 15) is 14.4 Å². The van der Waals surface area contributed by atoms with Gasteiger partial charge in [-0.05, 0) is 99.3 Å². The van der Waals surface area contributed by atoms with Crippen molar-refractivity contribution in [2.75, 3.05) is 66.4 Å². The second kappa shape index (κ2) is 20.7. The van der Waals surface area contributed by atoms with Gasteiger partial charge < -0.3 is 33.9 Å². The first-order valence-corrected chi connectivity index (χ1v) is 21.5. The second-order valence-electron chi connectivity index (χ2n) is 15.1. The zero-order valence-corrected chi connectivity index (χ0v) is 35.8. The number of likely N-dealkylation sites (tertiary alicyclic amines) is 1. The van der Waals surface area contributed by atoms with Gasteiger partial charge in [-0.15, -0.1) is 11.8 Å². The van der Waals surface area contributed by atoms with Crippen molar-refractivity contribution in [1.82, 2.24) is 29.6 Å². The van der Waals surface area contributed by atoms with E-state index in [-0.39, 0.29) is 11.5 Å². The summed E-state index contributed by atoms with van der Waals surface area (Å²) in [4.78, 5) is 53.1. The van der Waals surface area contributed by atoms with Crippen molar-refractivity contribution in [3.8, 4) is 28.4 Å². The van der Waals surface area contributed by atoms with Gasteiger partial charge in [0.1, 0.15) is 23.3 Å². The number of unbranched alkanes of at least 4 members (excludes halogenated alkanes) is 2. The van der Waals surface area contributed by atoms with E-state index < -0.39 is 6.04 Å². The average molecular weight is 824 g/mol. The minimum atomic E-state index is -0.420. The number of carbonyl (C=O) groups excluding carboxylic acids is 2. The van der Waals surface area contributed by atoms with Crippen LogP contribution in [0, 0.1) is 0 Å². The lowest BCUT2D eigenvalue weighted by Crippen LogP contribution is -2.46. The molecule has 2 amide bonds. The van der Waals surface area contributed by atoms with E-state index in [0.29, 0.717) is 38.0 Å². The standard InChI is InChI=1S/C45H57N7O6S/c1-31(46-2)43(59-6)32-12-13-33(26-48-44(54)39-11-10-17-52(39)30-53)40(23-32)58-22-9-7-8-16-50-18-20-51(21-19-50)29-38-41(56-4)24-34(25-42(38)57-5)37-28-49(3)45(55)36-27-47-15-14-35(36)37/h12-15,23-25,27-28,30,39H,2,7-11,16-22,26,29H2,1,3-6H3,(H,48,54)/b43-31-. The van der Waals surface area contributed by atoms with Crippen LogP contribution in [0.5, 0.6) is 17.2 Å². The van der Waals surface area contributed by atoms with Crippen LogP contribution in [-0.2, 0) is 29.7 Å². The summed E-state index contributed by atoms with van der Waals surface area (Å²) in [5.74, 6) is 2.11. The Morgan fingerprint density at radius 2 is 1.75 bits per heavy atom. The van der Waals surface area contributed by atoms with Gasteiger partial charge in [0, 0.05) is 87.5 Å². The molecule has 2 aromatic carbocycles. The van der Waals surface area contributed by atoms with E-state index in [2.05, 4.69) is 31.8 Å². The van der Waals surface area contributed by atoms with E-state index in [1.165, 1.54) is 0 Å². The molecule has 0 bridgehead atoms. The monoisotopic (exact) mass is 823 g/mol. The number of nitrogens with one attached hydrogen (secondary N) is 1. The van der Waals surface area contributed by atoms with Crippen molar-refractivity contribution < 1.29 is 23.8 Å². The summed E-state index contributed by atoms with van der Waals surface area (Å²) in [6.45, 7) is 12.7. The Morgan fingerprint density at radius 1 is 1.00 bits per heavy atom. The Hall–Kier alpha value is -5.18. The maximum Gasteiger partial charge on any atom is 0.259 e. The lowest BCUT2D eigenvalue weighted by molar-refractivity contribution is -0.131. The van der Waals surface area contributed by atoms with E-state index in [1.807, 2.05) is 55.8 Å². The number of benzene rings is 2. The molecule has 59 heavy (non-hydrogen) atoms. The Bertz CT molecular complexity index is 2190. The molecule has 1 atom stereocenters. The zero-order valence-electron chi connectivity index (χ0n) is 35.0. The number of aryl methyl sites for hydroxylation is 1. The zero-order chi connectivity index (χ0) is 41.9. The van der Waals surface area contributed by atoms with E-state index >= 15 is 0 Å². The summed E-state index contributed by atoms with van der Waals surface area (Å²) in [7, 11) is 5.13. The lowest BCUT2D eigenvalue weighted by atomic mass is 9.99. The van der Waals surface area contributed by atoms with Gasteiger partial charge >= 0.3 is 0 Å². The van der Waals surface area contributed by atoms with Gasteiger partial charge in [-0.1, -0.05) is 12.1 Å². The first-order valence-electron chi connectivity index (χ1n) is 20.3. The third-order valence-corrected chi connectivity index (χ3v) is 12.4. The Morgan fingerprint density at radius 3 is 2.44 bits per heavy atom. The predicted molar refractivity (Wildman–Crippen MR) is 236 cm³/mol. The van der Waals surface area contributed by atoms with Crippen LogP contribution in [-0.4, -0.2) is 116 Å². The second-order valence-corrected chi connectivity index (χ2v) is 15.9. The molecule has 2 aliphatic rings. The SMILES string of the molecule is C=N/C(C)=C(\SC)c1ccc(CNC(=O)C2CCCN2C=O)c(OCCCCCN2CCN(Cc3c(OC)cc(-c4cn(C)c(=O)c5cnccc45)cc3OC)CC2)c1. The van der Waals surface area contributed by atoms with E-state index in [1.54, 1.807) is 54.9 Å². The highest BCUT2D eigenvalue weighted by atomic mass is 32.2. The molecule has 2 saturated heterocycles. The molecule has 6 rings (SSSR count). The fourth-order valence-electron chi connectivity index (χ4n) is 8.05. The summed E-state index contributed by atoms with van der Waals surface area (Å²) >= 11 is 1.61. The maximum atomic E-state index is 13.0. The first-order chi connectivity index (χ1) is 28.7. The Labute approximate surface area is 351 Å². The van der Waals surface area contributed by atoms with Crippen molar-refractivity contribution >= 4 is 46.5 Å². The highest BCUT2D eigenvalue weighted by molar-refractivity contribution is 8.07. The topological polar surface area (TPSA) is 131 Å². The number of hydrogen-bond donors (Lipinski definition) is 1. The van der Waals surface area contributed by atoms with Crippen LogP contribution in [0.15, 0.2) is 70.5 Å². The van der Waals surface area contributed by atoms with Gasteiger partial charge in [-0.2, -0.15) is 0 Å². The molecule has 1 N–H and O–H groups in total. The van der Waals surface area contributed by atoms with Crippen LogP contribution in [0.4, 0.5) is 0 Å². The summed E-state index contributed by atoms with van der Waals surface area (Å²) < 4.78 is 19.9. The fraction of sp³-hybridized carbons (Fsp3) is 0.444. The molecule has 13 nitrogen and oxygen atoms in total. The molecule has 4 aromatic rings. The normalized spacial score (nSPS) is 16.5. The van der Waals surface area contributed by atoms with Crippen LogP contribution in [0.25, 0.3) is 26.8 Å². The molecule has 314 valence electrons. The largest absolute Gasteiger partial charge is 0.496 e. The molecule has 0 spiro atoms. The summed E-state index contributed by atoms with van der Waals surface area (Å²) in [5.41, 5.74) is 5.48. The number of aromatic nitrogens is 2. The number of nitrogens with zero attached hydrogens (tertiary/aromatic N) is 6. The molecule has 2 aromatic heterocycles. The number of pyridine rings is 2. The summed E-state index contributed by atoms with van der Waals surface area (Å²) in [6.07, 6.45) is 12.5. The molecule has 0 radical (unpaired) electrons. The molecule has 0 saturated carbocycles. The highest BCUT2D eigenvalue weighted by Gasteiger charge is 2.29. The van der Waals surface area contributed by atoms with Gasteiger partial charge in [-0.25, -0.2) is 0 Å². The molecular formula is C45H57N7O6S. The number of fused-ring (bicyclic) bond motifs is 1. The van der Waals surface area contributed by atoms with Gasteiger partial charge in [-0.3, -0.25) is 29.3 Å². The number of allylic oxidation sites excluding steroid dienone is 1. The van der Waals surface area contributed by atoms with Gasteiger partial charge in [0.2, 0.25) is 12.3 Å². The van der Waals surface area contributed by atoms with E-state index in [0.717, 1.165) is 126 Å². The lowest BCUT2D eigenvalue weighted by Gasteiger charge is -2.35. The number of piperazine rings is 1. The highest BCUT2D eigenvalue weighted by Crippen LogP contribution is 2.38. The van der Waals surface area contributed by atoms with Gasteiger partial charge in [0.15, 0.2) is 0 Å². The predicted octanol–water partition coefficient (Wildman–Crippen LogP) is 5.97. The number of ether oxygens (including phenoxy) is 3. The van der Waals surface area contributed by atoms with Crippen LogP contribution < -0.4 is 25.1 Å². The number of rotatable bonds is 19. The number of methoxy groups -OCH3 is 2. The van der Waals surface area contributed by atoms with Crippen LogP contribution >= 0.6 is 11.8 Å². The molecule has 0 aliphatic carbocycles. The summed E-state index contributed by atoms with van der Waals surface area (Å²) in [5, 5.41) is 4.44. The molecular weight excluding hydrogens is 767 g/mol. The number of amides is 2.